The van der Waals surface area contributed by atoms with Gasteiger partial charge >= 0.3 is 5.97 Å². The van der Waals surface area contributed by atoms with Crippen LogP contribution in [-0.4, -0.2) is 21.5 Å². The number of hydrogen-bond acceptors (Lipinski definition) is 6. The van der Waals surface area contributed by atoms with Crippen LogP contribution < -0.4 is 5.32 Å². The predicted octanol–water partition coefficient (Wildman–Crippen LogP) is 6.84. The summed E-state index contributed by atoms with van der Waals surface area (Å²) in [5.74, 6) is 0.210. The van der Waals surface area contributed by atoms with Crippen molar-refractivity contribution in [1.82, 2.24) is 9.97 Å². The summed E-state index contributed by atoms with van der Waals surface area (Å²) in [6.45, 7) is 12.2. The number of nitrogens with one attached hydrogen (secondary N) is 1. The molecule has 0 aliphatic rings. The van der Waals surface area contributed by atoms with Gasteiger partial charge in [-0.25, -0.2) is 14.8 Å². The van der Waals surface area contributed by atoms with Gasteiger partial charge < -0.3 is 10.1 Å². The Labute approximate surface area is 186 Å². The largest absolute Gasteiger partial charge is 0.456 e. The number of benzene rings is 2. The van der Waals surface area contributed by atoms with E-state index in [-0.39, 0.29) is 11.4 Å². The predicted molar refractivity (Wildman–Crippen MR) is 129 cm³/mol. The molecule has 0 amide bonds. The first-order valence-corrected chi connectivity index (χ1v) is 11.1. The molecule has 31 heavy (non-hydrogen) atoms. The van der Waals surface area contributed by atoms with E-state index in [1.807, 2.05) is 51.1 Å². The van der Waals surface area contributed by atoms with Crippen molar-refractivity contribution >= 4 is 49.9 Å². The first kappa shape index (κ1) is 21.2. The average Bonchev–Trinajstić information content (AvgIpc) is 3.11. The van der Waals surface area contributed by atoms with Crippen LogP contribution in [0.25, 0.3) is 21.0 Å². The Morgan fingerprint density at radius 2 is 1.71 bits per heavy atom. The molecule has 2 aromatic heterocycles. The lowest BCUT2D eigenvalue weighted by Gasteiger charge is -2.19. The molecule has 4 rings (SSSR count). The van der Waals surface area contributed by atoms with E-state index in [2.05, 4.69) is 43.2 Å². The standard InChI is InChI=1S/C25H27N3O2S/c1-24(2,3)16-8-10-17(11-9-16)27-23-26-14-15-7-12-19-18(21(15)28-23)13-20(31-19)22(29)30-25(4,5)6/h7-14H,1-6H3,(H,26,27,28). The molecule has 160 valence electrons. The number of aromatic nitrogens is 2. The van der Waals surface area contributed by atoms with Crippen molar-refractivity contribution in [1.29, 1.82) is 0 Å². The van der Waals surface area contributed by atoms with Gasteiger partial charge in [0.1, 0.15) is 10.5 Å². The molecule has 0 atom stereocenters. The first-order chi connectivity index (χ1) is 14.5. The number of carbonyl (C=O) groups excluding carboxylic acids is 1. The van der Waals surface area contributed by atoms with Crippen molar-refractivity contribution in [2.24, 2.45) is 0 Å². The summed E-state index contributed by atoms with van der Waals surface area (Å²) in [4.78, 5) is 22.3. The van der Waals surface area contributed by atoms with Gasteiger partial charge in [0, 0.05) is 27.4 Å². The maximum atomic E-state index is 12.5. The zero-order valence-corrected chi connectivity index (χ0v) is 19.6. The summed E-state index contributed by atoms with van der Waals surface area (Å²) in [6.07, 6.45) is 1.80. The van der Waals surface area contributed by atoms with Crippen LogP contribution in [-0.2, 0) is 10.2 Å². The number of nitrogens with zero attached hydrogens (tertiary/aromatic N) is 2. The van der Waals surface area contributed by atoms with Crippen LogP contribution in [0.3, 0.4) is 0 Å². The second-order valence-corrected chi connectivity index (χ2v) is 10.8. The fourth-order valence-corrected chi connectivity index (χ4v) is 4.22. The second-order valence-electron chi connectivity index (χ2n) is 9.67. The lowest BCUT2D eigenvalue weighted by molar-refractivity contribution is 0.00753. The Balaban J connectivity index is 1.67. The molecule has 4 aromatic rings. The van der Waals surface area contributed by atoms with Crippen molar-refractivity contribution < 1.29 is 9.53 Å². The van der Waals surface area contributed by atoms with Crippen LogP contribution in [0.1, 0.15) is 56.8 Å². The van der Waals surface area contributed by atoms with Crippen molar-refractivity contribution in [3.05, 3.63) is 59.1 Å². The smallest absolute Gasteiger partial charge is 0.348 e. The van der Waals surface area contributed by atoms with Crippen LogP contribution in [0.2, 0.25) is 0 Å². The Bertz CT molecular complexity index is 1260. The third-order valence-corrected chi connectivity index (χ3v) is 5.93. The molecule has 0 saturated carbocycles. The number of rotatable bonds is 3. The Morgan fingerprint density at radius 3 is 2.35 bits per heavy atom. The summed E-state index contributed by atoms with van der Waals surface area (Å²) in [7, 11) is 0. The van der Waals surface area contributed by atoms with Crippen LogP contribution in [0.5, 0.6) is 0 Å². The number of hydrogen-bond donors (Lipinski definition) is 1. The minimum atomic E-state index is -0.531. The van der Waals surface area contributed by atoms with E-state index < -0.39 is 5.60 Å². The van der Waals surface area contributed by atoms with Gasteiger partial charge in [-0.15, -0.1) is 11.3 Å². The Morgan fingerprint density at radius 1 is 1.00 bits per heavy atom. The molecule has 2 heterocycles. The normalized spacial score (nSPS) is 12.3. The molecule has 0 fully saturated rings. The van der Waals surface area contributed by atoms with Crippen molar-refractivity contribution in [3.8, 4) is 0 Å². The molecule has 5 nitrogen and oxygen atoms in total. The number of fused-ring (bicyclic) bond motifs is 3. The quantitative estimate of drug-likeness (QED) is 0.358. The first-order valence-electron chi connectivity index (χ1n) is 10.3. The van der Waals surface area contributed by atoms with Gasteiger partial charge in [0.25, 0.3) is 0 Å². The highest BCUT2D eigenvalue weighted by molar-refractivity contribution is 7.20. The zero-order chi connectivity index (χ0) is 22.4. The molecule has 0 radical (unpaired) electrons. The van der Waals surface area contributed by atoms with E-state index in [1.54, 1.807) is 6.20 Å². The molecule has 6 heteroatoms. The summed E-state index contributed by atoms with van der Waals surface area (Å²) < 4.78 is 6.52. The van der Waals surface area contributed by atoms with Crippen LogP contribution in [0.15, 0.2) is 48.7 Å². The maximum Gasteiger partial charge on any atom is 0.348 e. The SMILES string of the molecule is CC(C)(C)OC(=O)c1cc2c(ccc3cnc(Nc4ccc(C(C)(C)C)cc4)nc32)s1. The highest BCUT2D eigenvalue weighted by Gasteiger charge is 2.20. The lowest BCUT2D eigenvalue weighted by atomic mass is 9.87. The molecule has 0 saturated heterocycles. The van der Waals surface area contributed by atoms with Crippen molar-refractivity contribution in [2.45, 2.75) is 52.6 Å². The number of thiophene rings is 1. The molecule has 0 bridgehead atoms. The topological polar surface area (TPSA) is 64.1 Å². The van der Waals surface area contributed by atoms with E-state index in [0.717, 1.165) is 26.7 Å². The molecular formula is C25H27N3O2S. The van der Waals surface area contributed by atoms with Gasteiger partial charge in [-0.05, 0) is 62.1 Å². The Hall–Kier alpha value is -2.99. The van der Waals surface area contributed by atoms with Crippen molar-refractivity contribution in [2.75, 3.05) is 5.32 Å². The lowest BCUT2D eigenvalue weighted by Crippen LogP contribution is -2.23. The summed E-state index contributed by atoms with van der Waals surface area (Å²) in [5.41, 5.74) is 2.59. The van der Waals surface area contributed by atoms with Gasteiger partial charge in [0.05, 0.1) is 5.52 Å². The average molecular weight is 434 g/mol. The van der Waals surface area contributed by atoms with E-state index in [0.29, 0.717) is 10.8 Å². The van der Waals surface area contributed by atoms with E-state index in [9.17, 15) is 4.79 Å². The third kappa shape index (κ3) is 4.69. The van der Waals surface area contributed by atoms with Gasteiger partial charge in [-0.1, -0.05) is 32.9 Å². The highest BCUT2D eigenvalue weighted by Crippen LogP contribution is 2.33. The third-order valence-electron chi connectivity index (χ3n) is 4.85. The maximum absolute atomic E-state index is 12.5. The van der Waals surface area contributed by atoms with Gasteiger partial charge in [0.15, 0.2) is 0 Å². The van der Waals surface area contributed by atoms with Crippen molar-refractivity contribution in [3.63, 3.8) is 0 Å². The molecule has 2 aromatic carbocycles. The monoisotopic (exact) mass is 433 g/mol. The second kappa shape index (κ2) is 7.61. The number of carbonyl (C=O) groups is 1. The van der Waals surface area contributed by atoms with Crippen LogP contribution in [0, 0.1) is 0 Å². The van der Waals surface area contributed by atoms with E-state index in [1.165, 1.54) is 16.9 Å². The number of anilines is 2. The number of esters is 1. The minimum absolute atomic E-state index is 0.106. The zero-order valence-electron chi connectivity index (χ0n) is 18.7. The minimum Gasteiger partial charge on any atom is -0.456 e. The van der Waals surface area contributed by atoms with Gasteiger partial charge in [-0.2, -0.15) is 0 Å². The summed E-state index contributed by atoms with van der Waals surface area (Å²) in [5, 5.41) is 5.14. The Kier molecular flexibility index (Phi) is 5.21. The summed E-state index contributed by atoms with van der Waals surface area (Å²) >= 11 is 1.42. The molecule has 0 aliphatic carbocycles. The molecule has 0 spiro atoms. The fourth-order valence-electron chi connectivity index (χ4n) is 3.28. The molecule has 1 N–H and O–H groups in total. The molecule has 0 aliphatic heterocycles. The van der Waals surface area contributed by atoms with Gasteiger partial charge in [-0.3, -0.25) is 0 Å². The van der Waals surface area contributed by atoms with Gasteiger partial charge in [0.2, 0.25) is 5.95 Å². The fraction of sp³-hybridized carbons (Fsp3) is 0.320. The van der Waals surface area contributed by atoms with E-state index >= 15 is 0 Å². The summed E-state index contributed by atoms with van der Waals surface area (Å²) in [6, 6.07) is 14.2. The molecular weight excluding hydrogens is 406 g/mol. The highest BCUT2D eigenvalue weighted by atomic mass is 32.1. The van der Waals surface area contributed by atoms with E-state index in [4.69, 9.17) is 9.72 Å². The van der Waals surface area contributed by atoms with Crippen LogP contribution in [0.4, 0.5) is 11.6 Å². The van der Waals surface area contributed by atoms with Crippen LogP contribution >= 0.6 is 11.3 Å². The number of ether oxygens (including phenoxy) is 1. The molecule has 0 unspecified atom stereocenters.